The van der Waals surface area contributed by atoms with Crippen molar-refractivity contribution in [2.24, 2.45) is 0 Å². The molecule has 1 fully saturated rings. The molecular weight excluding hydrogens is 444 g/mol. The lowest BCUT2D eigenvalue weighted by Gasteiger charge is -2.20. The van der Waals surface area contributed by atoms with E-state index in [0.717, 1.165) is 0 Å². The van der Waals surface area contributed by atoms with Crippen molar-refractivity contribution in [3.63, 3.8) is 0 Å². The highest BCUT2D eigenvalue weighted by atomic mass is 31.2. The van der Waals surface area contributed by atoms with Gasteiger partial charge in [-0.25, -0.2) is 9.97 Å². The van der Waals surface area contributed by atoms with E-state index in [2.05, 4.69) is 15.0 Å². The van der Waals surface area contributed by atoms with E-state index in [1.165, 1.54) is 22.1 Å². The Morgan fingerprint density at radius 2 is 1.87 bits per heavy atom. The second-order valence-electron chi connectivity index (χ2n) is 6.86. The Labute approximate surface area is 169 Å². The number of nitrogens with one attached hydrogen (secondary N) is 1. The van der Waals surface area contributed by atoms with Gasteiger partial charge in [0.1, 0.15) is 6.33 Å². The first-order chi connectivity index (χ1) is 13.9. The van der Waals surface area contributed by atoms with Gasteiger partial charge < -0.3 is 34.2 Å². The largest absolute Gasteiger partial charge is 0.373 e. The van der Waals surface area contributed by atoms with E-state index in [9.17, 15) is 18.7 Å². The topological polar surface area (TPSA) is 208 Å². The molecule has 14 nitrogen and oxygen atoms in total. The zero-order valence-electron chi connectivity index (χ0n) is 15.6. The molecule has 0 saturated carbocycles. The first-order valence-electron chi connectivity index (χ1n) is 8.83. The van der Waals surface area contributed by atoms with Gasteiger partial charge in [-0.1, -0.05) is 0 Å². The molecule has 30 heavy (non-hydrogen) atoms. The van der Waals surface area contributed by atoms with Crippen molar-refractivity contribution in [1.29, 1.82) is 0 Å². The van der Waals surface area contributed by atoms with Gasteiger partial charge in [-0.05, 0) is 0 Å². The number of likely N-dealkylation sites (tertiary alicyclic amines) is 1. The Morgan fingerprint density at radius 3 is 2.53 bits per heavy atom. The highest BCUT2D eigenvalue weighted by Crippen LogP contribution is 2.36. The van der Waals surface area contributed by atoms with Crippen molar-refractivity contribution in [3.8, 4) is 0 Å². The number of amides is 1. The van der Waals surface area contributed by atoms with Crippen LogP contribution in [0.25, 0.3) is 11.2 Å². The molecular formula is C14H21N5O9P2. The number of nitrogens with zero attached hydrogens (tertiary/aromatic N) is 4. The molecule has 1 aliphatic heterocycles. The van der Waals surface area contributed by atoms with E-state index in [0.29, 0.717) is 0 Å². The lowest BCUT2D eigenvalue weighted by molar-refractivity contribution is -0.130. The highest BCUT2D eigenvalue weighted by molar-refractivity contribution is 7.52. The van der Waals surface area contributed by atoms with Crippen LogP contribution in [0.15, 0.2) is 17.4 Å². The van der Waals surface area contributed by atoms with E-state index in [4.69, 9.17) is 24.3 Å². The monoisotopic (exact) mass is 465 g/mol. The summed E-state index contributed by atoms with van der Waals surface area (Å²) in [5, 5.41) is 0. The first kappa shape index (κ1) is 22.8. The summed E-state index contributed by atoms with van der Waals surface area (Å²) in [6.07, 6.45) is 0.241. The molecule has 2 atom stereocenters. The number of hydrogen-bond donors (Lipinski definition) is 5. The normalized spacial score (nSPS) is 20.2. The predicted octanol–water partition coefficient (Wildman–Crippen LogP) is -1.37. The molecule has 3 heterocycles. The van der Waals surface area contributed by atoms with Gasteiger partial charge in [-0.15, -0.1) is 0 Å². The van der Waals surface area contributed by atoms with Crippen molar-refractivity contribution in [3.05, 3.63) is 23.0 Å². The quantitative estimate of drug-likeness (QED) is 0.287. The molecule has 2 aromatic heterocycles. The molecule has 166 valence electrons. The summed E-state index contributed by atoms with van der Waals surface area (Å²) in [5.41, 5.74) is -0.101. The van der Waals surface area contributed by atoms with Gasteiger partial charge in [0.15, 0.2) is 11.2 Å². The third kappa shape index (κ3) is 5.61. The van der Waals surface area contributed by atoms with Crippen molar-refractivity contribution >= 4 is 32.3 Å². The number of rotatable bonds is 8. The fourth-order valence-corrected chi connectivity index (χ4v) is 4.02. The van der Waals surface area contributed by atoms with Gasteiger partial charge in [0, 0.05) is 19.5 Å². The molecule has 5 N–H and O–H groups in total. The van der Waals surface area contributed by atoms with E-state index < -0.39 is 51.1 Å². The number of carbonyl (C=O) groups is 1. The van der Waals surface area contributed by atoms with Crippen LogP contribution in [0.4, 0.5) is 0 Å². The number of ether oxygens (including phenoxy) is 1. The third-order valence-electron chi connectivity index (χ3n) is 4.65. The molecule has 2 aromatic rings. The molecule has 3 rings (SSSR count). The van der Waals surface area contributed by atoms with Gasteiger partial charge in [0.2, 0.25) is 5.91 Å². The van der Waals surface area contributed by atoms with Gasteiger partial charge in [0.25, 0.3) is 5.56 Å². The zero-order chi connectivity index (χ0) is 22.1. The standard InChI is InChI=1S/C14H21N5O9P2/c20-11(1-3-29(22,23)24)18-5-9(10(6-18)28-2-4-30(25,26)27)19-8-17-13-12(14(19)21)15-7-16-13/h7-10H,1-6H2,(H,15,16)(H2,22,23,24)(H2,25,26,27)/t9-,10+/m1/s1. The fourth-order valence-electron chi connectivity index (χ4n) is 3.19. The molecule has 0 spiro atoms. The van der Waals surface area contributed by atoms with E-state index in [-0.39, 0.29) is 37.3 Å². The number of carbonyl (C=O) groups excluding carboxylic acids is 1. The molecule has 16 heteroatoms. The fraction of sp³-hybridized carbons (Fsp3) is 0.571. The van der Waals surface area contributed by atoms with Crippen molar-refractivity contribution in [1.82, 2.24) is 24.4 Å². The summed E-state index contributed by atoms with van der Waals surface area (Å²) < 4.78 is 28.9. The molecule has 0 bridgehead atoms. The average Bonchev–Trinajstić information content (AvgIpc) is 3.26. The molecule has 1 aliphatic rings. The van der Waals surface area contributed by atoms with Crippen LogP contribution in [-0.2, 0) is 18.7 Å². The maximum absolute atomic E-state index is 12.8. The Kier molecular flexibility index (Phi) is 6.58. The lowest BCUT2D eigenvalue weighted by Crippen LogP contribution is -2.34. The molecule has 1 amide bonds. The van der Waals surface area contributed by atoms with E-state index in [1.807, 2.05) is 0 Å². The number of aromatic amines is 1. The molecule has 0 aliphatic carbocycles. The molecule has 0 radical (unpaired) electrons. The third-order valence-corrected chi connectivity index (χ3v) is 6.22. The van der Waals surface area contributed by atoms with Crippen LogP contribution >= 0.6 is 15.2 Å². The van der Waals surface area contributed by atoms with Crippen molar-refractivity contribution < 1.29 is 38.2 Å². The zero-order valence-corrected chi connectivity index (χ0v) is 17.4. The lowest BCUT2D eigenvalue weighted by atomic mass is 10.2. The predicted molar refractivity (Wildman–Crippen MR) is 102 cm³/mol. The minimum absolute atomic E-state index is 0.00179. The summed E-state index contributed by atoms with van der Waals surface area (Å²) in [7, 11) is -8.65. The van der Waals surface area contributed by atoms with E-state index in [1.54, 1.807) is 0 Å². The summed E-state index contributed by atoms with van der Waals surface area (Å²) >= 11 is 0. The van der Waals surface area contributed by atoms with Crippen LogP contribution in [0.1, 0.15) is 12.5 Å². The SMILES string of the molecule is O=C(CCP(=O)(O)O)N1C[C@H](OCCP(=O)(O)O)[C@H](n2cnc3nc[nH]c3c2=O)C1. The van der Waals surface area contributed by atoms with Crippen LogP contribution in [-0.4, -0.2) is 88.0 Å². The van der Waals surface area contributed by atoms with Crippen LogP contribution < -0.4 is 5.56 Å². The second kappa shape index (κ2) is 8.67. The Hall–Kier alpha value is -1.92. The van der Waals surface area contributed by atoms with Crippen molar-refractivity contribution in [2.75, 3.05) is 32.0 Å². The number of H-pyrrole nitrogens is 1. The first-order valence-corrected chi connectivity index (χ1v) is 12.4. The minimum Gasteiger partial charge on any atom is -0.373 e. The highest BCUT2D eigenvalue weighted by Gasteiger charge is 2.38. The Balaban J connectivity index is 1.82. The maximum atomic E-state index is 12.8. The number of aromatic nitrogens is 4. The average molecular weight is 465 g/mol. The van der Waals surface area contributed by atoms with Crippen LogP contribution in [0.3, 0.4) is 0 Å². The van der Waals surface area contributed by atoms with Gasteiger partial charge >= 0.3 is 15.2 Å². The summed E-state index contributed by atoms with van der Waals surface area (Å²) in [4.78, 5) is 73.1. The van der Waals surface area contributed by atoms with Crippen LogP contribution in [0.5, 0.6) is 0 Å². The van der Waals surface area contributed by atoms with Crippen LogP contribution in [0.2, 0.25) is 0 Å². The number of hydrogen-bond acceptors (Lipinski definition) is 7. The molecule has 0 unspecified atom stereocenters. The van der Waals surface area contributed by atoms with Gasteiger partial charge in [0.05, 0.1) is 37.4 Å². The van der Waals surface area contributed by atoms with Crippen molar-refractivity contribution in [2.45, 2.75) is 18.6 Å². The van der Waals surface area contributed by atoms with Crippen LogP contribution in [0, 0.1) is 0 Å². The Morgan fingerprint density at radius 1 is 1.17 bits per heavy atom. The summed E-state index contributed by atoms with van der Waals surface area (Å²) in [6, 6.07) is -0.714. The Bertz CT molecular complexity index is 1070. The minimum atomic E-state index is -4.35. The summed E-state index contributed by atoms with van der Waals surface area (Å²) in [5.74, 6) is -0.534. The van der Waals surface area contributed by atoms with Gasteiger partial charge in [-0.2, -0.15) is 0 Å². The summed E-state index contributed by atoms with van der Waals surface area (Å²) in [6.45, 7) is -0.314. The number of fused-ring (bicyclic) bond motifs is 1. The van der Waals surface area contributed by atoms with E-state index >= 15 is 0 Å². The second-order valence-corrected chi connectivity index (χ2v) is 10.4. The molecule has 0 aromatic carbocycles. The molecule has 1 saturated heterocycles. The number of imidazole rings is 1. The maximum Gasteiger partial charge on any atom is 0.327 e. The van der Waals surface area contributed by atoms with Gasteiger partial charge in [-0.3, -0.25) is 23.3 Å². The smallest absolute Gasteiger partial charge is 0.327 e.